The topological polar surface area (TPSA) is 55.4 Å². The van der Waals surface area contributed by atoms with Crippen LogP contribution >= 0.6 is 22.9 Å². The Morgan fingerprint density at radius 2 is 2.14 bits per heavy atom. The lowest BCUT2D eigenvalue weighted by atomic mass is 9.98. The Kier molecular flexibility index (Phi) is 4.45. The molecule has 0 radical (unpaired) electrons. The average Bonchev–Trinajstić information content (AvgIpc) is 2.92. The standard InChI is InChI=1S/C16H14ClNO3S/c17-14-6-5-11(22-14)7-8-18-15(19)13-9-10-3-1-2-4-12(10)16(20)21-13/h1-6,13H,7-9H2,(H,18,19). The van der Waals surface area contributed by atoms with E-state index in [-0.39, 0.29) is 5.91 Å². The Balaban J connectivity index is 1.56. The van der Waals surface area contributed by atoms with Gasteiger partial charge in [0.25, 0.3) is 5.91 Å². The van der Waals surface area contributed by atoms with Gasteiger partial charge >= 0.3 is 5.97 Å². The van der Waals surface area contributed by atoms with Gasteiger partial charge in [-0.1, -0.05) is 29.8 Å². The van der Waals surface area contributed by atoms with Crippen LogP contribution in [0.3, 0.4) is 0 Å². The number of ether oxygens (including phenoxy) is 1. The van der Waals surface area contributed by atoms with Crippen molar-refractivity contribution in [3.63, 3.8) is 0 Å². The first kappa shape index (κ1) is 15.1. The molecule has 0 aliphatic carbocycles. The van der Waals surface area contributed by atoms with Gasteiger partial charge in [-0.3, -0.25) is 4.79 Å². The van der Waals surface area contributed by atoms with Crippen molar-refractivity contribution in [2.45, 2.75) is 18.9 Å². The van der Waals surface area contributed by atoms with Gasteiger partial charge in [-0.25, -0.2) is 4.79 Å². The fourth-order valence-corrected chi connectivity index (χ4v) is 3.47. The first-order valence-electron chi connectivity index (χ1n) is 6.94. The van der Waals surface area contributed by atoms with E-state index in [1.54, 1.807) is 12.1 Å². The first-order chi connectivity index (χ1) is 10.6. The molecule has 1 atom stereocenters. The molecule has 0 spiro atoms. The van der Waals surface area contributed by atoms with Crippen LogP contribution in [0.2, 0.25) is 4.34 Å². The van der Waals surface area contributed by atoms with Crippen molar-refractivity contribution in [1.82, 2.24) is 5.32 Å². The molecule has 0 bridgehead atoms. The van der Waals surface area contributed by atoms with E-state index in [9.17, 15) is 9.59 Å². The van der Waals surface area contributed by atoms with Crippen molar-refractivity contribution < 1.29 is 14.3 Å². The molecular formula is C16H14ClNO3S. The molecular weight excluding hydrogens is 322 g/mol. The van der Waals surface area contributed by atoms with E-state index in [4.69, 9.17) is 16.3 Å². The summed E-state index contributed by atoms with van der Waals surface area (Å²) in [5.41, 5.74) is 1.39. The third kappa shape index (κ3) is 3.31. The van der Waals surface area contributed by atoms with E-state index in [2.05, 4.69) is 5.32 Å². The molecule has 2 heterocycles. The minimum Gasteiger partial charge on any atom is -0.448 e. The number of hydrogen-bond acceptors (Lipinski definition) is 4. The van der Waals surface area contributed by atoms with Gasteiger partial charge in [0.15, 0.2) is 6.10 Å². The van der Waals surface area contributed by atoms with Gasteiger partial charge in [-0.15, -0.1) is 11.3 Å². The summed E-state index contributed by atoms with van der Waals surface area (Å²) in [6.07, 6.45) is 0.369. The van der Waals surface area contributed by atoms with Crippen molar-refractivity contribution >= 4 is 34.8 Å². The summed E-state index contributed by atoms with van der Waals surface area (Å²) in [6.45, 7) is 0.491. The number of thiophene rings is 1. The van der Waals surface area contributed by atoms with Gasteiger partial charge in [0.1, 0.15) is 0 Å². The van der Waals surface area contributed by atoms with Crippen LogP contribution in [0.5, 0.6) is 0 Å². The van der Waals surface area contributed by atoms with E-state index in [0.717, 1.165) is 14.8 Å². The maximum absolute atomic E-state index is 12.1. The number of esters is 1. The molecule has 0 saturated carbocycles. The highest BCUT2D eigenvalue weighted by molar-refractivity contribution is 7.16. The van der Waals surface area contributed by atoms with Gasteiger partial charge < -0.3 is 10.1 Å². The Bertz CT molecular complexity index is 713. The quantitative estimate of drug-likeness (QED) is 0.874. The molecule has 4 nitrogen and oxygen atoms in total. The summed E-state index contributed by atoms with van der Waals surface area (Å²) < 4.78 is 5.95. The molecule has 0 saturated heterocycles. The van der Waals surface area contributed by atoms with Gasteiger partial charge in [0.2, 0.25) is 0 Å². The molecule has 1 amide bonds. The summed E-state index contributed by atoms with van der Waals surface area (Å²) >= 11 is 7.36. The summed E-state index contributed by atoms with van der Waals surface area (Å²) in [5.74, 6) is -0.697. The highest BCUT2D eigenvalue weighted by Gasteiger charge is 2.30. The van der Waals surface area contributed by atoms with Crippen LogP contribution in [0, 0.1) is 0 Å². The minimum atomic E-state index is -0.755. The number of rotatable bonds is 4. The predicted molar refractivity (Wildman–Crippen MR) is 85.4 cm³/mol. The number of nitrogens with one attached hydrogen (secondary N) is 1. The fraction of sp³-hybridized carbons (Fsp3) is 0.250. The molecule has 1 aliphatic rings. The average molecular weight is 336 g/mol. The summed E-state index contributed by atoms with van der Waals surface area (Å²) in [6, 6.07) is 11.0. The normalized spacial score (nSPS) is 16.8. The smallest absolute Gasteiger partial charge is 0.339 e. The Labute approximate surface area is 137 Å². The predicted octanol–water partition coefficient (Wildman–Crippen LogP) is 2.84. The maximum atomic E-state index is 12.1. The minimum absolute atomic E-state index is 0.259. The number of carbonyl (C=O) groups excluding carboxylic acids is 2. The largest absolute Gasteiger partial charge is 0.448 e. The van der Waals surface area contributed by atoms with Crippen LogP contribution in [0.15, 0.2) is 36.4 Å². The van der Waals surface area contributed by atoms with E-state index in [1.165, 1.54) is 11.3 Å². The molecule has 6 heteroatoms. The van der Waals surface area contributed by atoms with Crippen LogP contribution < -0.4 is 5.32 Å². The third-order valence-electron chi connectivity index (χ3n) is 3.48. The number of carbonyl (C=O) groups is 2. The van der Waals surface area contributed by atoms with Crippen LogP contribution in [0.4, 0.5) is 0 Å². The molecule has 1 N–H and O–H groups in total. The molecule has 2 aromatic rings. The highest BCUT2D eigenvalue weighted by Crippen LogP contribution is 2.22. The zero-order valence-electron chi connectivity index (χ0n) is 11.7. The fourth-order valence-electron chi connectivity index (χ4n) is 2.39. The number of benzene rings is 1. The second-order valence-electron chi connectivity index (χ2n) is 5.00. The van der Waals surface area contributed by atoms with Gasteiger partial charge in [0, 0.05) is 17.8 Å². The van der Waals surface area contributed by atoms with Crippen molar-refractivity contribution in [3.05, 3.63) is 56.7 Å². The number of cyclic esters (lactones) is 1. The summed E-state index contributed by atoms with van der Waals surface area (Å²) in [5, 5.41) is 2.81. The molecule has 1 unspecified atom stereocenters. The SMILES string of the molecule is O=C1OC(C(=O)NCCc2ccc(Cl)s2)Cc2ccccc21. The lowest BCUT2D eigenvalue weighted by molar-refractivity contribution is -0.130. The van der Waals surface area contributed by atoms with Crippen molar-refractivity contribution in [2.24, 2.45) is 0 Å². The van der Waals surface area contributed by atoms with Crippen LogP contribution in [0.25, 0.3) is 0 Å². The Hall–Kier alpha value is -1.85. The van der Waals surface area contributed by atoms with Gasteiger partial charge in [-0.05, 0) is 30.2 Å². The van der Waals surface area contributed by atoms with Crippen molar-refractivity contribution in [1.29, 1.82) is 0 Å². The number of halogens is 1. The second-order valence-corrected chi connectivity index (χ2v) is 6.80. The van der Waals surface area contributed by atoms with E-state index < -0.39 is 12.1 Å². The lowest BCUT2D eigenvalue weighted by Gasteiger charge is -2.23. The number of fused-ring (bicyclic) bond motifs is 1. The van der Waals surface area contributed by atoms with Crippen LogP contribution in [-0.4, -0.2) is 24.5 Å². The number of amides is 1. The Morgan fingerprint density at radius 1 is 1.32 bits per heavy atom. The zero-order chi connectivity index (χ0) is 15.5. The summed E-state index contributed by atoms with van der Waals surface area (Å²) in [7, 11) is 0. The number of hydrogen-bond donors (Lipinski definition) is 1. The molecule has 0 fully saturated rings. The lowest BCUT2D eigenvalue weighted by Crippen LogP contribution is -2.42. The van der Waals surface area contributed by atoms with E-state index >= 15 is 0 Å². The molecule has 1 aromatic carbocycles. The van der Waals surface area contributed by atoms with Gasteiger partial charge in [0.05, 0.1) is 9.90 Å². The Morgan fingerprint density at radius 3 is 2.91 bits per heavy atom. The molecule has 22 heavy (non-hydrogen) atoms. The molecule has 1 aliphatic heterocycles. The second kappa shape index (κ2) is 6.50. The van der Waals surface area contributed by atoms with E-state index in [0.29, 0.717) is 24.9 Å². The third-order valence-corrected chi connectivity index (χ3v) is 4.77. The molecule has 1 aromatic heterocycles. The monoisotopic (exact) mass is 335 g/mol. The van der Waals surface area contributed by atoms with Gasteiger partial charge in [-0.2, -0.15) is 0 Å². The molecule has 114 valence electrons. The first-order valence-corrected chi connectivity index (χ1v) is 8.14. The van der Waals surface area contributed by atoms with Crippen molar-refractivity contribution in [2.75, 3.05) is 6.54 Å². The maximum Gasteiger partial charge on any atom is 0.339 e. The summed E-state index contributed by atoms with van der Waals surface area (Å²) in [4.78, 5) is 25.1. The highest BCUT2D eigenvalue weighted by atomic mass is 35.5. The molecule has 3 rings (SSSR count). The van der Waals surface area contributed by atoms with Crippen LogP contribution in [0.1, 0.15) is 20.8 Å². The van der Waals surface area contributed by atoms with Crippen LogP contribution in [-0.2, 0) is 22.4 Å². The zero-order valence-corrected chi connectivity index (χ0v) is 13.2. The van der Waals surface area contributed by atoms with E-state index in [1.807, 2.05) is 24.3 Å². The van der Waals surface area contributed by atoms with Crippen molar-refractivity contribution in [3.8, 4) is 0 Å².